The van der Waals surface area contributed by atoms with Crippen molar-refractivity contribution in [3.63, 3.8) is 0 Å². The highest BCUT2D eigenvalue weighted by molar-refractivity contribution is 5.24. The summed E-state index contributed by atoms with van der Waals surface area (Å²) in [7, 11) is 0. The highest BCUT2D eigenvalue weighted by atomic mass is 16.5. The molecule has 0 radical (unpaired) electrons. The van der Waals surface area contributed by atoms with E-state index in [4.69, 9.17) is 4.74 Å². The summed E-state index contributed by atoms with van der Waals surface area (Å²) >= 11 is 0. The molecule has 1 fully saturated rings. The molecule has 0 amide bonds. The van der Waals surface area contributed by atoms with Crippen LogP contribution in [0.15, 0.2) is 24.3 Å². The van der Waals surface area contributed by atoms with Gasteiger partial charge in [-0.25, -0.2) is 0 Å². The fourth-order valence-corrected chi connectivity index (χ4v) is 2.76. The summed E-state index contributed by atoms with van der Waals surface area (Å²) in [4.78, 5) is 2.33. The lowest BCUT2D eigenvalue weighted by atomic mass is 10.0. The summed E-state index contributed by atoms with van der Waals surface area (Å²) in [6, 6.07) is 8.40. The number of aliphatic hydroxyl groups is 1. The molecule has 0 saturated carbocycles. The van der Waals surface area contributed by atoms with Gasteiger partial charge in [-0.15, -0.1) is 0 Å². The van der Waals surface area contributed by atoms with Crippen molar-refractivity contribution in [2.45, 2.75) is 51.9 Å². The first-order chi connectivity index (χ1) is 9.44. The lowest BCUT2D eigenvalue weighted by Gasteiger charge is -2.35. The topological polar surface area (TPSA) is 32.7 Å². The number of likely N-dealkylation sites (tertiary alicyclic amines) is 1. The number of benzene rings is 1. The molecule has 3 nitrogen and oxygen atoms in total. The number of piperidine rings is 1. The molecule has 1 heterocycles. The number of rotatable bonds is 5. The molecule has 1 aromatic rings. The summed E-state index contributed by atoms with van der Waals surface area (Å²) in [5, 5.41) is 9.85. The van der Waals surface area contributed by atoms with Crippen molar-refractivity contribution in [3.8, 4) is 0 Å². The summed E-state index contributed by atoms with van der Waals surface area (Å²) in [6.45, 7) is 9.36. The summed E-state index contributed by atoms with van der Waals surface area (Å²) < 4.78 is 6.04. The zero-order valence-electron chi connectivity index (χ0n) is 12.9. The van der Waals surface area contributed by atoms with E-state index in [2.05, 4.69) is 36.1 Å². The number of β-amino-alcohol motifs (C(OH)–C–C–N with tert-alkyl or cyclic N) is 1. The molecule has 1 aromatic carbocycles. The van der Waals surface area contributed by atoms with Crippen molar-refractivity contribution in [1.29, 1.82) is 0 Å². The van der Waals surface area contributed by atoms with Gasteiger partial charge in [0.2, 0.25) is 0 Å². The van der Waals surface area contributed by atoms with Gasteiger partial charge in [-0.3, -0.25) is 0 Å². The van der Waals surface area contributed by atoms with Crippen molar-refractivity contribution in [1.82, 2.24) is 4.90 Å². The van der Waals surface area contributed by atoms with Gasteiger partial charge in [0, 0.05) is 19.6 Å². The highest BCUT2D eigenvalue weighted by Crippen LogP contribution is 2.18. The maximum atomic E-state index is 9.85. The van der Waals surface area contributed by atoms with Gasteiger partial charge >= 0.3 is 0 Å². The molecule has 112 valence electrons. The van der Waals surface area contributed by atoms with E-state index in [1.165, 1.54) is 11.1 Å². The van der Waals surface area contributed by atoms with E-state index in [1.54, 1.807) is 0 Å². The van der Waals surface area contributed by atoms with Crippen LogP contribution >= 0.6 is 0 Å². The Bertz CT molecular complexity index is 417. The molecule has 0 atom stereocenters. The molecule has 1 aliphatic rings. The van der Waals surface area contributed by atoms with E-state index in [1.807, 2.05) is 13.8 Å². The molecule has 0 spiro atoms. The first-order valence-electron chi connectivity index (χ1n) is 7.55. The average Bonchev–Trinajstić information content (AvgIpc) is 2.38. The van der Waals surface area contributed by atoms with Crippen LogP contribution in [0, 0.1) is 6.92 Å². The van der Waals surface area contributed by atoms with Gasteiger partial charge in [-0.05, 0) is 44.7 Å². The minimum absolute atomic E-state index is 0.354. The Hall–Kier alpha value is -0.900. The lowest BCUT2D eigenvalue weighted by molar-refractivity contribution is -0.0244. The standard InChI is InChI=1S/C17H27NO2/c1-14-6-4-5-7-15(14)12-20-16-8-10-18(11-9-16)13-17(2,3)19/h4-7,16,19H,8-13H2,1-3H3. The van der Waals surface area contributed by atoms with Gasteiger partial charge in [0.1, 0.15) is 0 Å². The molecule has 1 aliphatic heterocycles. The van der Waals surface area contributed by atoms with E-state index < -0.39 is 5.60 Å². The Balaban J connectivity index is 1.74. The number of hydrogen-bond donors (Lipinski definition) is 1. The largest absolute Gasteiger partial charge is 0.389 e. The van der Waals surface area contributed by atoms with Crippen LogP contribution in [0.2, 0.25) is 0 Å². The van der Waals surface area contributed by atoms with E-state index >= 15 is 0 Å². The zero-order valence-corrected chi connectivity index (χ0v) is 12.9. The Morgan fingerprint density at radius 1 is 1.25 bits per heavy atom. The van der Waals surface area contributed by atoms with Crippen molar-refractivity contribution in [2.24, 2.45) is 0 Å². The monoisotopic (exact) mass is 277 g/mol. The van der Waals surface area contributed by atoms with Crippen molar-refractivity contribution in [3.05, 3.63) is 35.4 Å². The molecular formula is C17H27NO2. The maximum absolute atomic E-state index is 9.85. The van der Waals surface area contributed by atoms with E-state index in [0.29, 0.717) is 12.7 Å². The van der Waals surface area contributed by atoms with E-state index in [9.17, 15) is 5.11 Å². The van der Waals surface area contributed by atoms with Gasteiger partial charge < -0.3 is 14.7 Å². The molecule has 0 aliphatic carbocycles. The third-order valence-electron chi connectivity index (χ3n) is 3.88. The van der Waals surface area contributed by atoms with Gasteiger partial charge in [-0.1, -0.05) is 24.3 Å². The van der Waals surface area contributed by atoms with Crippen molar-refractivity contribution >= 4 is 0 Å². The first kappa shape index (κ1) is 15.5. The van der Waals surface area contributed by atoms with Crippen LogP contribution in [0.3, 0.4) is 0 Å². The zero-order chi connectivity index (χ0) is 14.6. The number of hydrogen-bond acceptors (Lipinski definition) is 3. The normalized spacial score (nSPS) is 18.4. The van der Waals surface area contributed by atoms with Gasteiger partial charge in [0.15, 0.2) is 0 Å². The van der Waals surface area contributed by atoms with E-state index in [0.717, 1.165) is 32.5 Å². The maximum Gasteiger partial charge on any atom is 0.0723 e. The fraction of sp³-hybridized carbons (Fsp3) is 0.647. The van der Waals surface area contributed by atoms with Crippen LogP contribution in [-0.4, -0.2) is 41.3 Å². The third-order valence-corrected chi connectivity index (χ3v) is 3.88. The number of ether oxygens (including phenoxy) is 1. The minimum Gasteiger partial charge on any atom is -0.389 e. The molecule has 0 unspecified atom stereocenters. The molecule has 20 heavy (non-hydrogen) atoms. The van der Waals surface area contributed by atoms with E-state index in [-0.39, 0.29) is 0 Å². The van der Waals surface area contributed by atoms with Gasteiger partial charge in [-0.2, -0.15) is 0 Å². The molecular weight excluding hydrogens is 250 g/mol. The second kappa shape index (κ2) is 6.70. The van der Waals surface area contributed by atoms with Gasteiger partial charge in [0.05, 0.1) is 18.3 Å². The van der Waals surface area contributed by atoms with Gasteiger partial charge in [0.25, 0.3) is 0 Å². The van der Waals surface area contributed by atoms with Crippen LogP contribution in [0.25, 0.3) is 0 Å². The minimum atomic E-state index is -0.602. The van der Waals surface area contributed by atoms with Crippen LogP contribution in [0.4, 0.5) is 0 Å². The SMILES string of the molecule is Cc1ccccc1COC1CCN(CC(C)(C)O)CC1. The Morgan fingerprint density at radius 2 is 1.90 bits per heavy atom. The molecule has 3 heteroatoms. The first-order valence-corrected chi connectivity index (χ1v) is 7.55. The summed E-state index contributed by atoms with van der Waals surface area (Å²) in [5.74, 6) is 0. The molecule has 2 rings (SSSR count). The Morgan fingerprint density at radius 3 is 2.50 bits per heavy atom. The number of aryl methyl sites for hydroxylation is 1. The molecule has 1 saturated heterocycles. The predicted molar refractivity (Wildman–Crippen MR) is 81.7 cm³/mol. The second-order valence-electron chi connectivity index (χ2n) is 6.53. The van der Waals surface area contributed by atoms with Crippen LogP contribution < -0.4 is 0 Å². The number of nitrogens with zero attached hydrogens (tertiary/aromatic N) is 1. The predicted octanol–water partition coefficient (Wildman–Crippen LogP) is 2.75. The van der Waals surface area contributed by atoms with Crippen molar-refractivity contribution < 1.29 is 9.84 Å². The lowest BCUT2D eigenvalue weighted by Crippen LogP contribution is -2.44. The van der Waals surface area contributed by atoms with Crippen molar-refractivity contribution in [2.75, 3.05) is 19.6 Å². The highest BCUT2D eigenvalue weighted by Gasteiger charge is 2.24. The second-order valence-corrected chi connectivity index (χ2v) is 6.53. The Labute approximate surface area is 122 Å². The van der Waals surface area contributed by atoms with Crippen LogP contribution in [0.1, 0.15) is 37.8 Å². The molecule has 0 bridgehead atoms. The third kappa shape index (κ3) is 4.89. The molecule has 0 aromatic heterocycles. The fourth-order valence-electron chi connectivity index (χ4n) is 2.76. The molecule has 1 N–H and O–H groups in total. The quantitative estimate of drug-likeness (QED) is 0.898. The average molecular weight is 277 g/mol. The van der Waals surface area contributed by atoms with Crippen LogP contribution in [-0.2, 0) is 11.3 Å². The Kier molecular flexibility index (Phi) is 5.19. The summed E-state index contributed by atoms with van der Waals surface area (Å²) in [6.07, 6.45) is 2.47. The summed E-state index contributed by atoms with van der Waals surface area (Å²) in [5.41, 5.74) is 1.98. The smallest absolute Gasteiger partial charge is 0.0723 e. The van der Waals surface area contributed by atoms with Crippen LogP contribution in [0.5, 0.6) is 0 Å².